The summed E-state index contributed by atoms with van der Waals surface area (Å²) in [5.74, 6) is 1.46. The topological polar surface area (TPSA) is 35.6 Å². The minimum absolute atomic E-state index is 0.312. The molecule has 4 heteroatoms. The smallest absolute Gasteiger partial charge is 0.223 e. The van der Waals surface area contributed by atoms with Crippen molar-refractivity contribution in [1.82, 2.24) is 15.1 Å². The molecule has 1 aromatic carbocycles. The first-order chi connectivity index (χ1) is 12.6. The molecule has 1 amide bonds. The lowest BCUT2D eigenvalue weighted by Crippen LogP contribution is -2.40. The van der Waals surface area contributed by atoms with Crippen LogP contribution in [0.15, 0.2) is 30.3 Å². The second-order valence-electron chi connectivity index (χ2n) is 7.60. The number of amides is 1. The molecular formula is C22H37N3O. The third-order valence-electron chi connectivity index (χ3n) is 5.83. The molecule has 1 atom stereocenters. The number of nitrogens with one attached hydrogen (secondary N) is 1. The second kappa shape index (κ2) is 11.3. The molecule has 0 radical (unpaired) electrons. The molecule has 1 aliphatic rings. The molecule has 1 aliphatic heterocycles. The summed E-state index contributed by atoms with van der Waals surface area (Å²) < 4.78 is 0. The van der Waals surface area contributed by atoms with Crippen molar-refractivity contribution < 1.29 is 4.79 Å². The second-order valence-corrected chi connectivity index (χ2v) is 7.60. The summed E-state index contributed by atoms with van der Waals surface area (Å²) in [5, 5.41) is 3.42. The molecule has 1 aromatic rings. The number of hydrogen-bond donors (Lipinski definition) is 1. The highest BCUT2D eigenvalue weighted by Crippen LogP contribution is 2.25. The monoisotopic (exact) mass is 359 g/mol. The van der Waals surface area contributed by atoms with E-state index in [0.29, 0.717) is 24.2 Å². The minimum atomic E-state index is 0.312. The zero-order valence-corrected chi connectivity index (χ0v) is 16.9. The van der Waals surface area contributed by atoms with Crippen LogP contribution in [-0.2, 0) is 11.3 Å². The fourth-order valence-corrected chi connectivity index (χ4v) is 3.88. The van der Waals surface area contributed by atoms with Crippen molar-refractivity contribution in [3.05, 3.63) is 35.9 Å². The molecule has 4 nitrogen and oxygen atoms in total. The van der Waals surface area contributed by atoms with Gasteiger partial charge in [-0.1, -0.05) is 51.1 Å². The van der Waals surface area contributed by atoms with E-state index in [1.165, 1.54) is 18.4 Å². The van der Waals surface area contributed by atoms with Crippen molar-refractivity contribution >= 4 is 5.91 Å². The molecule has 1 heterocycles. The van der Waals surface area contributed by atoms with Crippen LogP contribution in [0.1, 0.15) is 45.6 Å². The van der Waals surface area contributed by atoms with Crippen LogP contribution >= 0.6 is 0 Å². The maximum atomic E-state index is 13.1. The highest BCUT2D eigenvalue weighted by Gasteiger charge is 2.24. The molecule has 0 spiro atoms. The van der Waals surface area contributed by atoms with Gasteiger partial charge in [-0.25, -0.2) is 0 Å². The number of carbonyl (C=O) groups excluding carboxylic acids is 1. The van der Waals surface area contributed by atoms with Gasteiger partial charge in [-0.2, -0.15) is 0 Å². The maximum Gasteiger partial charge on any atom is 0.223 e. The summed E-state index contributed by atoms with van der Waals surface area (Å²) in [4.78, 5) is 17.5. The van der Waals surface area contributed by atoms with Gasteiger partial charge in [-0.15, -0.1) is 0 Å². The predicted octanol–water partition coefficient (Wildman–Crippen LogP) is 3.38. The molecule has 2 rings (SSSR count). The Kier molecular flexibility index (Phi) is 9.13. The van der Waals surface area contributed by atoms with E-state index in [4.69, 9.17) is 0 Å². The normalized spacial score (nSPS) is 16.6. The average molecular weight is 360 g/mol. The van der Waals surface area contributed by atoms with E-state index < -0.39 is 0 Å². The van der Waals surface area contributed by atoms with Crippen molar-refractivity contribution in [2.45, 2.75) is 46.6 Å². The number of likely N-dealkylation sites (N-methyl/N-ethyl adjacent to an activating group) is 1. The highest BCUT2D eigenvalue weighted by molar-refractivity contribution is 5.76. The minimum Gasteiger partial charge on any atom is -0.337 e. The molecule has 0 saturated carbocycles. The van der Waals surface area contributed by atoms with Crippen molar-refractivity contribution in [2.75, 3.05) is 39.3 Å². The van der Waals surface area contributed by atoms with Gasteiger partial charge in [0.2, 0.25) is 5.91 Å². The van der Waals surface area contributed by atoms with Crippen molar-refractivity contribution in [3.63, 3.8) is 0 Å². The summed E-state index contributed by atoms with van der Waals surface area (Å²) in [6.07, 6.45) is 3.08. The van der Waals surface area contributed by atoms with Gasteiger partial charge in [0, 0.05) is 26.1 Å². The molecule has 0 aliphatic carbocycles. The van der Waals surface area contributed by atoms with Crippen molar-refractivity contribution in [1.29, 1.82) is 0 Å². The van der Waals surface area contributed by atoms with E-state index in [-0.39, 0.29) is 0 Å². The first kappa shape index (κ1) is 20.9. The summed E-state index contributed by atoms with van der Waals surface area (Å²) >= 11 is 0. The molecule has 146 valence electrons. The zero-order chi connectivity index (χ0) is 18.8. The Balaban J connectivity index is 1.97. The first-order valence-electron chi connectivity index (χ1n) is 10.4. The van der Waals surface area contributed by atoms with Gasteiger partial charge in [0.05, 0.1) is 0 Å². The molecule has 1 N–H and O–H groups in total. The van der Waals surface area contributed by atoms with E-state index in [1.807, 2.05) is 6.07 Å². The quantitative estimate of drug-likeness (QED) is 0.696. The third kappa shape index (κ3) is 6.73. The van der Waals surface area contributed by atoms with E-state index in [9.17, 15) is 4.79 Å². The van der Waals surface area contributed by atoms with E-state index in [2.05, 4.69) is 60.2 Å². The van der Waals surface area contributed by atoms with Crippen LogP contribution in [0.2, 0.25) is 0 Å². The predicted molar refractivity (Wildman–Crippen MR) is 109 cm³/mol. The van der Waals surface area contributed by atoms with Gasteiger partial charge in [0.25, 0.3) is 0 Å². The SMILES string of the molecule is CCN(CC)CCN(Cc1ccccc1)C(=O)CC(C)C1CCNCC1. The summed E-state index contributed by atoms with van der Waals surface area (Å²) in [7, 11) is 0. The largest absolute Gasteiger partial charge is 0.337 e. The number of hydrogen-bond acceptors (Lipinski definition) is 3. The van der Waals surface area contributed by atoms with Gasteiger partial charge in [-0.3, -0.25) is 4.79 Å². The Labute approximate surface area is 159 Å². The Bertz CT molecular complexity index is 509. The third-order valence-corrected chi connectivity index (χ3v) is 5.83. The van der Waals surface area contributed by atoms with Crippen LogP contribution in [-0.4, -0.2) is 55.0 Å². The molecule has 0 aromatic heterocycles. The maximum absolute atomic E-state index is 13.1. The van der Waals surface area contributed by atoms with Gasteiger partial charge in [0.1, 0.15) is 0 Å². The number of rotatable bonds is 10. The fraction of sp³-hybridized carbons (Fsp3) is 0.682. The number of piperidine rings is 1. The van der Waals surface area contributed by atoms with Gasteiger partial charge >= 0.3 is 0 Å². The standard InChI is InChI=1S/C22H37N3O/c1-4-24(5-2)15-16-25(18-20-9-7-6-8-10-20)22(26)17-19(3)21-11-13-23-14-12-21/h6-10,19,21,23H,4-5,11-18H2,1-3H3. The fourth-order valence-electron chi connectivity index (χ4n) is 3.88. The Morgan fingerprint density at radius 2 is 1.77 bits per heavy atom. The van der Waals surface area contributed by atoms with E-state index in [0.717, 1.165) is 45.8 Å². The first-order valence-corrected chi connectivity index (χ1v) is 10.4. The number of nitrogens with zero attached hydrogens (tertiary/aromatic N) is 2. The zero-order valence-electron chi connectivity index (χ0n) is 16.9. The molecule has 1 fully saturated rings. The van der Waals surface area contributed by atoms with Crippen molar-refractivity contribution in [3.8, 4) is 0 Å². The van der Waals surface area contributed by atoms with Crippen LogP contribution in [0.5, 0.6) is 0 Å². The Morgan fingerprint density at radius 1 is 1.12 bits per heavy atom. The van der Waals surface area contributed by atoms with Gasteiger partial charge < -0.3 is 15.1 Å². The average Bonchev–Trinajstić information content (AvgIpc) is 2.69. The highest BCUT2D eigenvalue weighted by atomic mass is 16.2. The lowest BCUT2D eigenvalue weighted by atomic mass is 9.84. The summed E-state index contributed by atoms with van der Waals surface area (Å²) in [5.41, 5.74) is 1.22. The number of benzene rings is 1. The van der Waals surface area contributed by atoms with Gasteiger partial charge in [0.15, 0.2) is 0 Å². The van der Waals surface area contributed by atoms with Gasteiger partial charge in [-0.05, 0) is 56.4 Å². The van der Waals surface area contributed by atoms with Crippen LogP contribution in [0, 0.1) is 11.8 Å². The molecular weight excluding hydrogens is 322 g/mol. The summed E-state index contributed by atoms with van der Waals surface area (Å²) in [6, 6.07) is 10.4. The van der Waals surface area contributed by atoms with Crippen molar-refractivity contribution in [2.24, 2.45) is 11.8 Å². The van der Waals surface area contributed by atoms with Crippen LogP contribution in [0.3, 0.4) is 0 Å². The molecule has 0 bridgehead atoms. The van der Waals surface area contributed by atoms with Crippen LogP contribution < -0.4 is 5.32 Å². The summed E-state index contributed by atoms with van der Waals surface area (Å²) in [6.45, 7) is 13.4. The van der Waals surface area contributed by atoms with E-state index in [1.54, 1.807) is 0 Å². The molecule has 1 unspecified atom stereocenters. The Hall–Kier alpha value is -1.39. The van der Waals surface area contributed by atoms with E-state index >= 15 is 0 Å². The van der Waals surface area contributed by atoms with Crippen LogP contribution in [0.4, 0.5) is 0 Å². The lowest BCUT2D eigenvalue weighted by molar-refractivity contribution is -0.133. The molecule has 26 heavy (non-hydrogen) atoms. The Morgan fingerprint density at radius 3 is 2.38 bits per heavy atom. The number of carbonyl (C=O) groups is 1. The molecule has 1 saturated heterocycles. The van der Waals surface area contributed by atoms with Crippen LogP contribution in [0.25, 0.3) is 0 Å². The lowest BCUT2D eigenvalue weighted by Gasteiger charge is -2.31.